The molecule has 5 heteroatoms. The second kappa shape index (κ2) is 25.9. The molecular weight excluding hydrogens is 539 g/mol. The van der Waals surface area contributed by atoms with Gasteiger partial charge in [-0.15, -0.1) is 11.3 Å². The Labute approximate surface area is 262 Å². The van der Waals surface area contributed by atoms with Crippen molar-refractivity contribution in [2.24, 2.45) is 0 Å². The second-order valence-corrected chi connectivity index (χ2v) is 14.6. The SMILES string of the molecule is CCCCCCCCCCCC[N+](C)(C)Cc1ccc(C[N+](C)(C)CCCCCCCCCCCC)s1.[Cl-].[Cl-]. The van der Waals surface area contributed by atoms with Crippen LogP contribution in [0.2, 0.25) is 0 Å². The van der Waals surface area contributed by atoms with Crippen molar-refractivity contribution in [3.8, 4) is 0 Å². The highest BCUT2D eigenvalue weighted by Crippen LogP contribution is 2.24. The predicted molar refractivity (Wildman–Crippen MR) is 169 cm³/mol. The van der Waals surface area contributed by atoms with Gasteiger partial charge in [-0.2, -0.15) is 0 Å². The Balaban J connectivity index is 0. The molecule has 0 aliphatic heterocycles. The molecule has 39 heavy (non-hydrogen) atoms. The molecule has 0 radical (unpaired) electrons. The maximum absolute atomic E-state index is 2.43. The summed E-state index contributed by atoms with van der Waals surface area (Å²) in [7, 11) is 9.72. The Bertz CT molecular complexity index is 592. The van der Waals surface area contributed by atoms with Gasteiger partial charge in [-0.3, -0.25) is 0 Å². The largest absolute Gasteiger partial charge is 1.00 e. The summed E-state index contributed by atoms with van der Waals surface area (Å²) < 4.78 is 2.27. The first-order valence-corrected chi connectivity index (χ1v) is 17.3. The number of unbranched alkanes of at least 4 members (excludes halogenated alkanes) is 18. The lowest BCUT2D eigenvalue weighted by molar-refractivity contribution is -0.903. The van der Waals surface area contributed by atoms with Crippen LogP contribution in [0.3, 0.4) is 0 Å². The van der Waals surface area contributed by atoms with Crippen molar-refractivity contribution in [1.82, 2.24) is 0 Å². The van der Waals surface area contributed by atoms with Crippen molar-refractivity contribution in [1.29, 1.82) is 0 Å². The van der Waals surface area contributed by atoms with Gasteiger partial charge >= 0.3 is 0 Å². The molecule has 2 nitrogen and oxygen atoms in total. The molecule has 0 spiro atoms. The van der Waals surface area contributed by atoms with E-state index in [1.165, 1.54) is 155 Å². The second-order valence-electron chi connectivity index (χ2n) is 13.4. The van der Waals surface area contributed by atoms with E-state index in [9.17, 15) is 0 Å². The molecule has 0 N–H and O–H groups in total. The summed E-state index contributed by atoms with van der Waals surface area (Å²) in [5.41, 5.74) is 0. The smallest absolute Gasteiger partial charge is 0.113 e. The number of halogens is 2. The molecule has 0 atom stereocenters. The van der Waals surface area contributed by atoms with Crippen LogP contribution in [0.25, 0.3) is 0 Å². The number of quaternary nitrogens is 2. The Morgan fingerprint density at radius 1 is 0.436 bits per heavy atom. The lowest BCUT2D eigenvalue weighted by Crippen LogP contribution is -3.00. The van der Waals surface area contributed by atoms with Crippen molar-refractivity contribution in [3.05, 3.63) is 21.9 Å². The fourth-order valence-corrected chi connectivity index (χ4v) is 7.09. The Kier molecular flexibility index (Phi) is 27.4. The van der Waals surface area contributed by atoms with Gasteiger partial charge in [0, 0.05) is 0 Å². The molecular formula is C34H68Cl2N2S. The number of hydrogen-bond donors (Lipinski definition) is 0. The summed E-state index contributed by atoms with van der Waals surface area (Å²) >= 11 is 2.07. The molecule has 0 saturated carbocycles. The molecule has 234 valence electrons. The zero-order chi connectivity index (χ0) is 27.2. The van der Waals surface area contributed by atoms with Crippen LogP contribution in [0.5, 0.6) is 0 Å². The van der Waals surface area contributed by atoms with Gasteiger partial charge in [0.05, 0.1) is 51.0 Å². The van der Waals surface area contributed by atoms with Gasteiger partial charge in [0.1, 0.15) is 13.1 Å². The average Bonchev–Trinajstić information content (AvgIpc) is 3.26. The van der Waals surface area contributed by atoms with Gasteiger partial charge in [0.15, 0.2) is 0 Å². The minimum Gasteiger partial charge on any atom is -1.00 e. The number of rotatable bonds is 26. The fraction of sp³-hybridized carbons (Fsp3) is 0.882. The molecule has 1 heterocycles. The van der Waals surface area contributed by atoms with Gasteiger partial charge in [0.25, 0.3) is 0 Å². The predicted octanol–water partition coefficient (Wildman–Crippen LogP) is 4.75. The minimum atomic E-state index is 0. The molecule has 0 unspecified atom stereocenters. The van der Waals surface area contributed by atoms with Gasteiger partial charge in [-0.25, -0.2) is 0 Å². The lowest BCUT2D eigenvalue weighted by atomic mass is 10.1. The summed E-state index contributed by atoms with van der Waals surface area (Å²) in [6.45, 7) is 9.60. The van der Waals surface area contributed by atoms with E-state index < -0.39 is 0 Å². The van der Waals surface area contributed by atoms with E-state index in [1.807, 2.05) is 0 Å². The zero-order valence-corrected chi connectivity index (χ0v) is 29.5. The number of thiophene rings is 1. The van der Waals surface area contributed by atoms with Crippen LogP contribution in [0, 0.1) is 0 Å². The third-order valence-corrected chi connectivity index (χ3v) is 9.17. The van der Waals surface area contributed by atoms with E-state index in [0.717, 1.165) is 8.97 Å². The molecule has 0 bridgehead atoms. The maximum Gasteiger partial charge on any atom is 0.113 e. The third-order valence-electron chi connectivity index (χ3n) is 8.12. The molecule has 0 fully saturated rings. The van der Waals surface area contributed by atoms with E-state index >= 15 is 0 Å². The van der Waals surface area contributed by atoms with Gasteiger partial charge < -0.3 is 33.8 Å². The topological polar surface area (TPSA) is 0 Å². The first kappa shape index (κ1) is 41.3. The van der Waals surface area contributed by atoms with Crippen LogP contribution in [-0.4, -0.2) is 50.2 Å². The Morgan fingerprint density at radius 2 is 0.692 bits per heavy atom. The summed E-state index contributed by atoms with van der Waals surface area (Å²) in [4.78, 5) is 3.15. The standard InChI is InChI=1S/C34H68N2S.2ClH/c1-7-9-11-13-15-17-19-21-23-25-29-35(3,4)31-33-27-28-34(37-33)32-36(5,6)30-26-24-22-20-18-16-14-12-10-8-2;;/h27-28H,7-26,29-32H2,1-6H3;2*1H/q+2;;/p-2. The van der Waals surface area contributed by atoms with E-state index in [2.05, 4.69) is 65.5 Å². The number of nitrogens with zero attached hydrogens (tertiary/aromatic N) is 2. The number of hydrogen-bond acceptors (Lipinski definition) is 1. The van der Waals surface area contributed by atoms with Gasteiger partial charge in [0.2, 0.25) is 0 Å². The molecule has 0 aromatic carbocycles. The minimum absolute atomic E-state index is 0. The molecule has 1 rings (SSSR count). The van der Waals surface area contributed by atoms with E-state index in [4.69, 9.17) is 0 Å². The quantitative estimate of drug-likeness (QED) is 0.105. The average molecular weight is 608 g/mol. The summed E-state index contributed by atoms with van der Waals surface area (Å²) in [6.07, 6.45) is 28.5. The van der Waals surface area contributed by atoms with Crippen LogP contribution in [-0.2, 0) is 13.1 Å². The highest BCUT2D eigenvalue weighted by Gasteiger charge is 2.20. The lowest BCUT2D eigenvalue weighted by Gasteiger charge is -2.30. The van der Waals surface area contributed by atoms with Gasteiger partial charge in [-0.05, 0) is 37.8 Å². The summed E-state index contributed by atoms with van der Waals surface area (Å²) in [5.74, 6) is 0. The van der Waals surface area contributed by atoms with Crippen molar-refractivity contribution >= 4 is 11.3 Å². The molecule has 0 aliphatic rings. The Hall–Kier alpha value is 0.200. The molecule has 0 saturated heterocycles. The highest BCUT2D eigenvalue weighted by atomic mass is 35.5. The van der Waals surface area contributed by atoms with Crippen molar-refractivity contribution in [2.45, 2.75) is 155 Å². The van der Waals surface area contributed by atoms with Crippen LogP contribution in [0.4, 0.5) is 0 Å². The summed E-state index contributed by atoms with van der Waals surface area (Å²) in [5, 5.41) is 0. The normalized spacial score (nSPS) is 11.8. The van der Waals surface area contributed by atoms with E-state index in [1.54, 1.807) is 9.75 Å². The maximum atomic E-state index is 2.43. The molecule has 1 aromatic heterocycles. The van der Waals surface area contributed by atoms with Crippen LogP contribution < -0.4 is 24.8 Å². The first-order valence-electron chi connectivity index (χ1n) is 16.5. The summed E-state index contributed by atoms with van der Waals surface area (Å²) in [6, 6.07) is 4.83. The van der Waals surface area contributed by atoms with Gasteiger partial charge in [-0.1, -0.05) is 117 Å². The van der Waals surface area contributed by atoms with Crippen molar-refractivity contribution in [3.63, 3.8) is 0 Å². The monoisotopic (exact) mass is 606 g/mol. The van der Waals surface area contributed by atoms with Crippen LogP contribution in [0.1, 0.15) is 152 Å². The van der Waals surface area contributed by atoms with E-state index in [0.29, 0.717) is 0 Å². The highest BCUT2D eigenvalue weighted by molar-refractivity contribution is 7.11. The van der Waals surface area contributed by atoms with E-state index in [-0.39, 0.29) is 24.8 Å². The van der Waals surface area contributed by atoms with Crippen molar-refractivity contribution in [2.75, 3.05) is 41.3 Å². The molecule has 0 amide bonds. The van der Waals surface area contributed by atoms with Crippen LogP contribution in [0.15, 0.2) is 12.1 Å². The zero-order valence-electron chi connectivity index (χ0n) is 27.2. The van der Waals surface area contributed by atoms with Crippen molar-refractivity contribution < 1.29 is 33.8 Å². The third kappa shape index (κ3) is 24.5. The molecule has 0 aliphatic carbocycles. The fourth-order valence-electron chi connectivity index (χ4n) is 5.65. The first-order chi connectivity index (χ1) is 17.8. The van der Waals surface area contributed by atoms with Crippen LogP contribution >= 0.6 is 11.3 Å². The molecule has 1 aromatic rings. The Morgan fingerprint density at radius 3 is 0.974 bits per heavy atom.